The number of aromatic nitrogens is 2. The largest absolute Gasteiger partial charge is 0.375 e. The standard InChI is InChI=1S/C29H29N5O2S/c1-19-17-24(20(2)33(19)22-9-5-4-6-10-22)28-27(25-11-7-8-16-30-25)32-29(37)34(28)23-14-12-21(13-15-23)31-26(35)18-36-3/h4-17,27-28H,18H2,1-3H3,(H,31,35)(H,32,37)/t27-,28+/m0/s1. The number of anilines is 2. The van der Waals surface area contributed by atoms with Crippen molar-refractivity contribution in [3.8, 4) is 5.69 Å². The molecule has 2 N–H and O–H groups in total. The van der Waals surface area contributed by atoms with Crippen LogP contribution in [0.1, 0.15) is 34.7 Å². The fraction of sp³-hybridized carbons (Fsp3) is 0.207. The highest BCUT2D eigenvalue weighted by Crippen LogP contribution is 2.43. The van der Waals surface area contributed by atoms with Crippen LogP contribution in [-0.4, -0.2) is 34.3 Å². The summed E-state index contributed by atoms with van der Waals surface area (Å²) in [6, 6.07) is 26.0. The minimum atomic E-state index is -0.199. The summed E-state index contributed by atoms with van der Waals surface area (Å²) in [4.78, 5) is 18.8. The molecule has 1 aliphatic heterocycles. The highest BCUT2D eigenvalue weighted by atomic mass is 32.1. The normalized spacial score (nSPS) is 17.1. The molecule has 188 valence electrons. The number of ether oxygens (including phenoxy) is 1. The van der Waals surface area contributed by atoms with Crippen LogP contribution >= 0.6 is 12.2 Å². The van der Waals surface area contributed by atoms with Gasteiger partial charge in [-0.2, -0.15) is 0 Å². The van der Waals surface area contributed by atoms with Crippen LogP contribution in [0.15, 0.2) is 85.1 Å². The van der Waals surface area contributed by atoms with Crippen molar-refractivity contribution in [2.75, 3.05) is 23.9 Å². The van der Waals surface area contributed by atoms with Crippen LogP contribution in [0.2, 0.25) is 0 Å². The van der Waals surface area contributed by atoms with E-state index in [1.54, 1.807) is 0 Å². The van der Waals surface area contributed by atoms with E-state index >= 15 is 0 Å². The van der Waals surface area contributed by atoms with E-state index in [0.29, 0.717) is 10.8 Å². The number of thiocarbonyl (C=S) groups is 1. The Morgan fingerprint density at radius 3 is 2.43 bits per heavy atom. The Balaban J connectivity index is 1.57. The van der Waals surface area contributed by atoms with Crippen LogP contribution in [0.4, 0.5) is 11.4 Å². The monoisotopic (exact) mass is 511 g/mol. The number of benzene rings is 2. The van der Waals surface area contributed by atoms with Gasteiger partial charge in [-0.3, -0.25) is 9.78 Å². The zero-order valence-electron chi connectivity index (χ0n) is 21.0. The molecular formula is C29H29N5O2S. The number of para-hydroxylation sites is 1. The minimum absolute atomic E-state index is 0.00669. The summed E-state index contributed by atoms with van der Waals surface area (Å²) >= 11 is 5.88. The van der Waals surface area contributed by atoms with Gasteiger partial charge in [-0.05, 0) is 86.2 Å². The van der Waals surface area contributed by atoms with E-state index in [1.807, 2.05) is 54.7 Å². The summed E-state index contributed by atoms with van der Waals surface area (Å²) in [5.41, 5.74) is 7.13. The fourth-order valence-corrected chi connectivity index (χ4v) is 5.39. The topological polar surface area (TPSA) is 71.4 Å². The lowest BCUT2D eigenvalue weighted by atomic mass is 9.96. The first-order valence-corrected chi connectivity index (χ1v) is 12.5. The molecule has 3 heterocycles. The van der Waals surface area contributed by atoms with E-state index in [9.17, 15) is 4.79 Å². The SMILES string of the molecule is COCC(=O)Nc1ccc(N2C(=S)N[C@@H](c3ccccn3)[C@H]2c2cc(C)n(-c3ccccc3)c2C)cc1. The number of nitrogens with one attached hydrogen (secondary N) is 2. The average molecular weight is 512 g/mol. The molecule has 5 rings (SSSR count). The smallest absolute Gasteiger partial charge is 0.250 e. The highest BCUT2D eigenvalue weighted by molar-refractivity contribution is 7.80. The summed E-state index contributed by atoms with van der Waals surface area (Å²) < 4.78 is 7.19. The van der Waals surface area contributed by atoms with Gasteiger partial charge >= 0.3 is 0 Å². The molecule has 4 aromatic rings. The van der Waals surface area contributed by atoms with Gasteiger partial charge in [-0.1, -0.05) is 24.3 Å². The van der Waals surface area contributed by atoms with Crippen molar-refractivity contribution in [1.82, 2.24) is 14.9 Å². The van der Waals surface area contributed by atoms with Crippen molar-refractivity contribution in [3.05, 3.63) is 108 Å². The predicted octanol–water partition coefficient (Wildman–Crippen LogP) is 5.25. The molecule has 2 aromatic heterocycles. The Hall–Kier alpha value is -4.01. The first-order chi connectivity index (χ1) is 18.0. The van der Waals surface area contributed by atoms with Crippen LogP contribution in [-0.2, 0) is 9.53 Å². The number of hydrogen-bond acceptors (Lipinski definition) is 4. The van der Waals surface area contributed by atoms with Gasteiger partial charge in [0.15, 0.2) is 5.11 Å². The third-order valence-corrected chi connectivity index (χ3v) is 6.92. The molecule has 2 atom stereocenters. The summed E-state index contributed by atoms with van der Waals surface area (Å²) in [6.45, 7) is 4.29. The first kappa shape index (κ1) is 24.7. The Morgan fingerprint density at radius 2 is 1.76 bits per heavy atom. The second kappa shape index (κ2) is 10.5. The molecule has 0 bridgehead atoms. The summed E-state index contributed by atoms with van der Waals surface area (Å²) in [5.74, 6) is -0.199. The maximum atomic E-state index is 11.9. The third-order valence-electron chi connectivity index (χ3n) is 6.61. The van der Waals surface area contributed by atoms with E-state index in [0.717, 1.165) is 28.5 Å². The van der Waals surface area contributed by atoms with Gasteiger partial charge in [0, 0.05) is 41.8 Å². The number of methoxy groups -OCH3 is 1. The summed E-state index contributed by atoms with van der Waals surface area (Å²) in [6.07, 6.45) is 1.81. The van der Waals surface area contributed by atoms with Gasteiger partial charge in [-0.15, -0.1) is 0 Å². The number of aryl methyl sites for hydroxylation is 1. The molecule has 0 aliphatic carbocycles. The molecule has 37 heavy (non-hydrogen) atoms. The Kier molecular flexibility index (Phi) is 7.03. The number of pyridine rings is 1. The van der Waals surface area contributed by atoms with Crippen molar-refractivity contribution in [2.45, 2.75) is 25.9 Å². The summed E-state index contributed by atoms with van der Waals surface area (Å²) in [7, 11) is 1.50. The van der Waals surface area contributed by atoms with Crippen LogP contribution in [0.25, 0.3) is 5.69 Å². The van der Waals surface area contributed by atoms with Crippen molar-refractivity contribution in [3.63, 3.8) is 0 Å². The van der Waals surface area contributed by atoms with E-state index in [4.69, 9.17) is 17.0 Å². The molecule has 0 radical (unpaired) electrons. The molecule has 7 nitrogen and oxygen atoms in total. The molecule has 1 saturated heterocycles. The lowest BCUT2D eigenvalue weighted by Crippen LogP contribution is -2.29. The number of amides is 1. The van der Waals surface area contributed by atoms with Gasteiger partial charge in [0.2, 0.25) is 5.91 Å². The molecule has 1 fully saturated rings. The molecule has 8 heteroatoms. The number of rotatable bonds is 7. The van der Waals surface area contributed by atoms with Crippen molar-refractivity contribution in [1.29, 1.82) is 0 Å². The minimum Gasteiger partial charge on any atom is -0.375 e. The molecular weight excluding hydrogens is 482 g/mol. The number of carbonyl (C=O) groups excluding carboxylic acids is 1. The summed E-state index contributed by atoms with van der Waals surface area (Å²) in [5, 5.41) is 7.00. The van der Waals surface area contributed by atoms with E-state index in [-0.39, 0.29) is 24.6 Å². The number of nitrogens with zero attached hydrogens (tertiary/aromatic N) is 3. The van der Waals surface area contributed by atoms with Gasteiger partial charge in [-0.25, -0.2) is 0 Å². The lowest BCUT2D eigenvalue weighted by molar-refractivity contribution is -0.119. The second-order valence-corrected chi connectivity index (χ2v) is 9.41. The van der Waals surface area contributed by atoms with Crippen molar-refractivity contribution in [2.24, 2.45) is 0 Å². The van der Waals surface area contributed by atoms with Crippen LogP contribution < -0.4 is 15.5 Å². The van der Waals surface area contributed by atoms with E-state index < -0.39 is 0 Å². The molecule has 0 unspecified atom stereocenters. The lowest BCUT2D eigenvalue weighted by Gasteiger charge is -2.28. The van der Waals surface area contributed by atoms with Crippen LogP contribution in [0.5, 0.6) is 0 Å². The highest BCUT2D eigenvalue weighted by Gasteiger charge is 2.42. The third kappa shape index (κ3) is 4.85. The molecule has 0 spiro atoms. The van der Waals surface area contributed by atoms with E-state index in [2.05, 4.69) is 69.3 Å². The molecule has 2 aromatic carbocycles. The van der Waals surface area contributed by atoms with Crippen molar-refractivity contribution >= 4 is 34.6 Å². The average Bonchev–Trinajstić information content (AvgIpc) is 3.40. The zero-order chi connectivity index (χ0) is 25.9. The Labute approximate surface area is 222 Å². The maximum Gasteiger partial charge on any atom is 0.250 e. The van der Waals surface area contributed by atoms with Crippen LogP contribution in [0, 0.1) is 13.8 Å². The van der Waals surface area contributed by atoms with E-state index in [1.165, 1.54) is 12.7 Å². The Morgan fingerprint density at radius 1 is 1.03 bits per heavy atom. The predicted molar refractivity (Wildman–Crippen MR) is 150 cm³/mol. The van der Waals surface area contributed by atoms with Crippen molar-refractivity contribution < 1.29 is 9.53 Å². The quantitative estimate of drug-likeness (QED) is 0.330. The fourth-order valence-electron chi connectivity index (χ4n) is 5.04. The second-order valence-electron chi connectivity index (χ2n) is 9.02. The molecule has 1 amide bonds. The number of carbonyl (C=O) groups is 1. The molecule has 0 saturated carbocycles. The maximum absolute atomic E-state index is 11.9. The van der Waals surface area contributed by atoms with Gasteiger partial charge < -0.3 is 24.8 Å². The van der Waals surface area contributed by atoms with Gasteiger partial charge in [0.25, 0.3) is 0 Å². The number of hydrogen-bond donors (Lipinski definition) is 2. The van der Waals surface area contributed by atoms with Gasteiger partial charge in [0.05, 0.1) is 17.8 Å². The first-order valence-electron chi connectivity index (χ1n) is 12.1. The van der Waals surface area contributed by atoms with Crippen LogP contribution in [0.3, 0.4) is 0 Å². The Bertz CT molecular complexity index is 1400. The zero-order valence-corrected chi connectivity index (χ0v) is 21.8. The van der Waals surface area contributed by atoms with Gasteiger partial charge in [0.1, 0.15) is 6.61 Å². The molecule has 1 aliphatic rings.